The van der Waals surface area contributed by atoms with Crippen LogP contribution in [0.4, 0.5) is 0 Å². The van der Waals surface area contributed by atoms with Gasteiger partial charge in [-0.3, -0.25) is 0 Å². The topological polar surface area (TPSA) is 63.5 Å². The van der Waals surface area contributed by atoms with Crippen LogP contribution in [0.15, 0.2) is 67.3 Å². The highest BCUT2D eigenvalue weighted by atomic mass is 35.5. The van der Waals surface area contributed by atoms with Gasteiger partial charge in [0.15, 0.2) is 0 Å². The summed E-state index contributed by atoms with van der Waals surface area (Å²) in [6.45, 7) is 0.278. The molecule has 2 aromatic carbocycles. The Kier molecular flexibility index (Phi) is 3.86. The quantitative estimate of drug-likeness (QED) is 0.523. The highest BCUT2D eigenvalue weighted by molar-refractivity contribution is 6.26. The van der Waals surface area contributed by atoms with E-state index in [2.05, 4.69) is 46.5 Å². The van der Waals surface area contributed by atoms with Crippen LogP contribution in [0.1, 0.15) is 24.5 Å². The van der Waals surface area contributed by atoms with Crippen molar-refractivity contribution in [1.29, 1.82) is 0 Å². The van der Waals surface area contributed by atoms with Gasteiger partial charge in [-0.2, -0.15) is 5.10 Å². The van der Waals surface area contributed by atoms with Gasteiger partial charge in [0.25, 0.3) is 0 Å². The van der Waals surface area contributed by atoms with Crippen LogP contribution in [0.2, 0.25) is 0 Å². The number of hydrogen-bond acceptors (Lipinski definition) is 4. The molecule has 5 rings (SSSR count). The molecule has 1 N–H and O–H groups in total. The molecule has 0 bridgehead atoms. The van der Waals surface area contributed by atoms with E-state index in [9.17, 15) is 5.11 Å². The number of ether oxygens (including phenoxy) is 1. The van der Waals surface area contributed by atoms with Crippen LogP contribution in [0, 0.1) is 0 Å². The van der Waals surface area contributed by atoms with Crippen LogP contribution < -0.4 is 0 Å². The second-order valence-corrected chi connectivity index (χ2v) is 8.17. The van der Waals surface area contributed by atoms with Crippen molar-refractivity contribution in [1.82, 2.24) is 14.8 Å². The van der Waals surface area contributed by atoms with Gasteiger partial charge >= 0.3 is 0 Å². The minimum atomic E-state index is -1.18. The third-order valence-corrected chi connectivity index (χ3v) is 6.35. The number of aliphatic hydroxyl groups is 1. The molecule has 0 spiro atoms. The summed E-state index contributed by atoms with van der Waals surface area (Å²) in [6, 6.07) is 18.6. The van der Waals surface area contributed by atoms with Gasteiger partial charge in [-0.15, -0.1) is 11.6 Å². The van der Waals surface area contributed by atoms with Crippen molar-refractivity contribution in [3.63, 3.8) is 0 Å². The first kappa shape index (κ1) is 16.9. The molecule has 2 aliphatic rings. The van der Waals surface area contributed by atoms with Crippen molar-refractivity contribution in [2.75, 3.05) is 0 Å². The molecule has 5 nitrogen and oxygen atoms in total. The third-order valence-electron chi connectivity index (χ3n) is 5.64. The minimum Gasteiger partial charge on any atom is -0.383 e. The molecule has 27 heavy (non-hydrogen) atoms. The van der Waals surface area contributed by atoms with Gasteiger partial charge in [0.1, 0.15) is 30.5 Å². The summed E-state index contributed by atoms with van der Waals surface area (Å²) in [7, 11) is 0. The fraction of sp³-hybridized carbons (Fsp3) is 0.333. The number of nitrogens with zero attached hydrogens (tertiary/aromatic N) is 3. The van der Waals surface area contributed by atoms with Crippen molar-refractivity contribution in [3.05, 3.63) is 72.8 Å². The van der Waals surface area contributed by atoms with Crippen molar-refractivity contribution < 1.29 is 9.84 Å². The number of halogens is 1. The number of rotatable bonds is 6. The van der Waals surface area contributed by atoms with Gasteiger partial charge in [0.05, 0.1) is 11.4 Å². The van der Waals surface area contributed by atoms with E-state index >= 15 is 0 Å². The Bertz CT molecular complexity index is 926. The predicted molar refractivity (Wildman–Crippen MR) is 102 cm³/mol. The van der Waals surface area contributed by atoms with E-state index in [4.69, 9.17) is 16.3 Å². The SMILES string of the molecule is OC(Cn1cncn1)(C1OC1c1ccc(-c2ccccc2)cc1)C1(Cl)CC1. The molecule has 3 unspecified atom stereocenters. The summed E-state index contributed by atoms with van der Waals surface area (Å²) in [5, 5.41) is 15.6. The van der Waals surface area contributed by atoms with Crippen molar-refractivity contribution in [2.45, 2.75) is 42.1 Å². The van der Waals surface area contributed by atoms with Crippen molar-refractivity contribution in [2.24, 2.45) is 0 Å². The smallest absolute Gasteiger partial charge is 0.137 e. The lowest BCUT2D eigenvalue weighted by Crippen LogP contribution is -2.50. The Morgan fingerprint density at radius 3 is 2.44 bits per heavy atom. The zero-order chi connectivity index (χ0) is 18.5. The summed E-state index contributed by atoms with van der Waals surface area (Å²) in [5.74, 6) is 0. The summed E-state index contributed by atoms with van der Waals surface area (Å²) in [4.78, 5) is 3.31. The zero-order valence-electron chi connectivity index (χ0n) is 14.7. The monoisotopic (exact) mass is 381 g/mol. The van der Waals surface area contributed by atoms with Crippen LogP contribution in [-0.2, 0) is 11.3 Å². The van der Waals surface area contributed by atoms with Crippen LogP contribution in [0.3, 0.4) is 0 Å². The average molecular weight is 382 g/mol. The molecule has 0 radical (unpaired) electrons. The molecule has 1 saturated heterocycles. The van der Waals surface area contributed by atoms with Crippen LogP contribution in [0.25, 0.3) is 11.1 Å². The Labute approximate surface area is 162 Å². The normalized spacial score (nSPS) is 25.0. The molecule has 6 heteroatoms. The van der Waals surface area contributed by atoms with Gasteiger partial charge in [0.2, 0.25) is 0 Å². The molecule has 3 aromatic rings. The lowest BCUT2D eigenvalue weighted by Gasteiger charge is -2.31. The maximum Gasteiger partial charge on any atom is 0.137 e. The molecule has 1 aliphatic carbocycles. The zero-order valence-corrected chi connectivity index (χ0v) is 15.5. The highest BCUT2D eigenvalue weighted by Crippen LogP contribution is 2.60. The van der Waals surface area contributed by atoms with Gasteiger partial charge in [0, 0.05) is 0 Å². The maximum atomic E-state index is 11.4. The maximum absolute atomic E-state index is 11.4. The van der Waals surface area contributed by atoms with Crippen LogP contribution in [-0.4, -0.2) is 36.5 Å². The van der Waals surface area contributed by atoms with E-state index in [-0.39, 0.29) is 18.8 Å². The number of benzene rings is 2. The number of epoxide rings is 1. The Morgan fingerprint density at radius 1 is 1.11 bits per heavy atom. The molecular weight excluding hydrogens is 362 g/mol. The summed E-state index contributed by atoms with van der Waals surface area (Å²) in [5.41, 5.74) is 2.21. The molecule has 138 valence electrons. The molecule has 0 amide bonds. The van der Waals surface area contributed by atoms with E-state index in [0.717, 1.165) is 24.0 Å². The van der Waals surface area contributed by atoms with Gasteiger partial charge in [-0.25, -0.2) is 9.67 Å². The standard InChI is InChI=1S/C21H20ClN3O2/c22-20(10-11-20)21(26,12-25-14-23-13-24-25)19-18(27-19)17-8-6-16(7-9-17)15-4-2-1-3-5-15/h1-9,13-14,18-19,26H,10-12H2. The van der Waals surface area contributed by atoms with E-state index in [1.165, 1.54) is 11.9 Å². The van der Waals surface area contributed by atoms with Crippen LogP contribution in [0.5, 0.6) is 0 Å². The first-order valence-corrected chi connectivity index (χ1v) is 9.51. The third kappa shape index (κ3) is 2.96. The molecular formula is C21H20ClN3O2. The Balaban J connectivity index is 1.37. The molecule has 1 aliphatic heterocycles. The summed E-state index contributed by atoms with van der Waals surface area (Å²) >= 11 is 6.67. The molecule has 1 saturated carbocycles. The van der Waals surface area contributed by atoms with Crippen molar-refractivity contribution >= 4 is 11.6 Å². The fourth-order valence-corrected chi connectivity index (χ4v) is 4.08. The van der Waals surface area contributed by atoms with Gasteiger partial charge < -0.3 is 9.84 Å². The molecule has 2 heterocycles. The highest BCUT2D eigenvalue weighted by Gasteiger charge is 2.68. The lowest BCUT2D eigenvalue weighted by molar-refractivity contribution is -0.0180. The first-order valence-electron chi connectivity index (χ1n) is 9.14. The van der Waals surface area contributed by atoms with E-state index in [1.54, 1.807) is 11.0 Å². The average Bonchev–Trinajstić information content (AvgIpc) is 3.61. The molecule has 3 atom stereocenters. The number of aromatic nitrogens is 3. The number of alkyl halides is 1. The predicted octanol–water partition coefficient (Wildman–Crippen LogP) is 3.59. The second-order valence-electron chi connectivity index (χ2n) is 7.45. The minimum absolute atomic E-state index is 0.153. The van der Waals surface area contributed by atoms with E-state index < -0.39 is 10.5 Å². The van der Waals surface area contributed by atoms with E-state index in [0.29, 0.717) is 0 Å². The van der Waals surface area contributed by atoms with Crippen LogP contribution >= 0.6 is 11.6 Å². The lowest BCUT2D eigenvalue weighted by atomic mass is 9.89. The Hall–Kier alpha value is -2.21. The first-order chi connectivity index (χ1) is 13.1. The summed E-state index contributed by atoms with van der Waals surface area (Å²) in [6.07, 6.45) is 4.11. The Morgan fingerprint density at radius 2 is 1.81 bits per heavy atom. The van der Waals surface area contributed by atoms with E-state index in [1.807, 2.05) is 18.2 Å². The largest absolute Gasteiger partial charge is 0.383 e. The second kappa shape index (κ2) is 6.16. The van der Waals surface area contributed by atoms with Crippen molar-refractivity contribution in [3.8, 4) is 11.1 Å². The molecule has 1 aromatic heterocycles. The van der Waals surface area contributed by atoms with Gasteiger partial charge in [-0.05, 0) is 29.5 Å². The van der Waals surface area contributed by atoms with Gasteiger partial charge in [-0.1, -0.05) is 54.6 Å². The fourth-order valence-electron chi connectivity index (χ4n) is 3.82. The molecule has 2 fully saturated rings. The summed E-state index contributed by atoms with van der Waals surface area (Å²) < 4.78 is 7.56. The number of hydrogen-bond donors (Lipinski definition) is 1.